The molecule has 0 aromatic heterocycles. The summed E-state index contributed by atoms with van der Waals surface area (Å²) in [5.41, 5.74) is 0.860. The van der Waals surface area contributed by atoms with Gasteiger partial charge >= 0.3 is 11.9 Å². The molecule has 0 aliphatic rings. The number of hydrogen-bond donors (Lipinski definition) is 0. The summed E-state index contributed by atoms with van der Waals surface area (Å²) >= 11 is 0. The number of benzene rings is 2. The zero-order valence-electron chi connectivity index (χ0n) is 12.6. The lowest BCUT2D eigenvalue weighted by Crippen LogP contribution is -2.36. The average molecular weight is 314 g/mol. The summed E-state index contributed by atoms with van der Waals surface area (Å²) in [4.78, 5) is 24.3. The van der Waals surface area contributed by atoms with Crippen molar-refractivity contribution in [3.05, 3.63) is 71.8 Å². The highest BCUT2D eigenvalue weighted by atomic mass is 28.1. The summed E-state index contributed by atoms with van der Waals surface area (Å²) in [5.74, 6) is -2.24. The molecule has 0 radical (unpaired) electrons. The van der Waals surface area contributed by atoms with Gasteiger partial charge in [-0.3, -0.25) is 0 Å². The number of rotatable bonds is 5. The molecule has 4 nitrogen and oxygen atoms in total. The molecule has 0 amide bonds. The Morgan fingerprint density at radius 1 is 0.864 bits per heavy atom. The van der Waals surface area contributed by atoms with Crippen LogP contribution in [-0.2, 0) is 9.47 Å². The monoisotopic (exact) mass is 314 g/mol. The van der Waals surface area contributed by atoms with E-state index in [0.29, 0.717) is 17.2 Å². The average Bonchev–Trinajstić information content (AvgIpc) is 2.56. The van der Waals surface area contributed by atoms with Crippen molar-refractivity contribution < 1.29 is 19.1 Å². The van der Waals surface area contributed by atoms with Gasteiger partial charge in [0.05, 0.1) is 11.1 Å². The van der Waals surface area contributed by atoms with Crippen LogP contribution in [0, 0.1) is 0 Å². The van der Waals surface area contributed by atoms with E-state index in [0.717, 1.165) is 10.2 Å². The van der Waals surface area contributed by atoms with E-state index in [1.54, 1.807) is 55.5 Å². The lowest BCUT2D eigenvalue weighted by atomic mass is 10.2. The molecule has 2 rings (SSSR count). The molecular weight excluding hydrogens is 296 g/mol. The van der Waals surface area contributed by atoms with Crippen LogP contribution in [0.1, 0.15) is 27.6 Å². The standard InChI is InChI=1S/C17H18O4Si/c1-17(12-22,20-15(18)13-8-4-2-5-9-13)21-16(19)14-10-6-3-7-11-14/h2-11H,12H2,1,22H3. The van der Waals surface area contributed by atoms with Crippen LogP contribution in [0.2, 0.25) is 6.04 Å². The maximum atomic E-state index is 12.1. The van der Waals surface area contributed by atoms with Gasteiger partial charge in [-0.1, -0.05) is 36.4 Å². The van der Waals surface area contributed by atoms with Crippen LogP contribution in [0.4, 0.5) is 0 Å². The van der Waals surface area contributed by atoms with E-state index in [4.69, 9.17) is 9.47 Å². The molecule has 2 aromatic rings. The van der Waals surface area contributed by atoms with Gasteiger partial charge in [-0.25, -0.2) is 9.59 Å². The predicted molar refractivity (Wildman–Crippen MR) is 86.9 cm³/mol. The van der Waals surface area contributed by atoms with Gasteiger partial charge < -0.3 is 9.47 Å². The Bertz CT molecular complexity index is 587. The zero-order valence-corrected chi connectivity index (χ0v) is 14.6. The second-order valence-electron chi connectivity index (χ2n) is 5.00. The largest absolute Gasteiger partial charge is 0.420 e. The molecule has 0 saturated carbocycles. The molecule has 0 saturated heterocycles. The zero-order chi connectivity index (χ0) is 16.0. The highest BCUT2D eigenvalue weighted by Crippen LogP contribution is 2.21. The third-order valence-corrected chi connectivity index (χ3v) is 4.56. The van der Waals surface area contributed by atoms with Crippen molar-refractivity contribution in [2.24, 2.45) is 0 Å². The van der Waals surface area contributed by atoms with Gasteiger partial charge in [0, 0.05) is 23.2 Å². The summed E-state index contributed by atoms with van der Waals surface area (Å²) in [6.07, 6.45) is 0. The molecule has 22 heavy (non-hydrogen) atoms. The van der Waals surface area contributed by atoms with E-state index in [9.17, 15) is 9.59 Å². The summed E-state index contributed by atoms with van der Waals surface area (Å²) in [6, 6.07) is 17.8. The van der Waals surface area contributed by atoms with Crippen molar-refractivity contribution in [1.29, 1.82) is 0 Å². The first-order chi connectivity index (χ1) is 10.5. The number of esters is 2. The molecule has 0 aliphatic heterocycles. The van der Waals surface area contributed by atoms with Crippen molar-refractivity contribution in [1.82, 2.24) is 0 Å². The first kappa shape index (κ1) is 16.0. The van der Waals surface area contributed by atoms with E-state index in [-0.39, 0.29) is 0 Å². The third-order valence-electron chi connectivity index (χ3n) is 3.28. The van der Waals surface area contributed by atoms with Gasteiger partial charge in [-0.2, -0.15) is 0 Å². The van der Waals surface area contributed by atoms with E-state index >= 15 is 0 Å². The third kappa shape index (κ3) is 4.05. The quantitative estimate of drug-likeness (QED) is 0.482. The van der Waals surface area contributed by atoms with Crippen LogP contribution in [-0.4, -0.2) is 28.0 Å². The predicted octanol–water partition coefficient (Wildman–Crippen LogP) is 2.20. The van der Waals surface area contributed by atoms with E-state index < -0.39 is 17.7 Å². The highest BCUT2D eigenvalue weighted by Gasteiger charge is 2.32. The second kappa shape index (κ2) is 7.04. The lowest BCUT2D eigenvalue weighted by molar-refractivity contribution is -0.142. The summed E-state index contributed by atoms with van der Waals surface area (Å²) in [6.45, 7) is 1.61. The Morgan fingerprint density at radius 3 is 1.55 bits per heavy atom. The SMILES string of the molecule is CC(C[SiH3])(OC(=O)c1ccccc1)OC(=O)c1ccccc1. The van der Waals surface area contributed by atoms with Crippen molar-refractivity contribution in [2.75, 3.05) is 0 Å². The van der Waals surface area contributed by atoms with Gasteiger partial charge in [0.25, 0.3) is 5.79 Å². The molecule has 0 fully saturated rings. The number of ether oxygens (including phenoxy) is 2. The smallest absolute Gasteiger partial charge is 0.341 e. The number of carbonyl (C=O) groups is 2. The fraction of sp³-hybridized carbons (Fsp3) is 0.176. The first-order valence-corrected chi connectivity index (χ1v) is 8.52. The van der Waals surface area contributed by atoms with Crippen LogP contribution in [0.3, 0.4) is 0 Å². The molecule has 0 heterocycles. The van der Waals surface area contributed by atoms with Crippen LogP contribution < -0.4 is 0 Å². The number of hydrogen-bond acceptors (Lipinski definition) is 4. The molecule has 0 unspecified atom stereocenters. The van der Waals surface area contributed by atoms with Crippen molar-refractivity contribution in [2.45, 2.75) is 18.8 Å². The minimum Gasteiger partial charge on any atom is -0.420 e. The molecule has 0 N–H and O–H groups in total. The fourth-order valence-electron chi connectivity index (χ4n) is 1.82. The van der Waals surface area contributed by atoms with Gasteiger partial charge in [0.2, 0.25) is 0 Å². The topological polar surface area (TPSA) is 52.6 Å². The molecule has 0 bridgehead atoms. The molecule has 114 valence electrons. The normalized spacial score (nSPS) is 11.0. The van der Waals surface area contributed by atoms with Crippen LogP contribution in [0.25, 0.3) is 0 Å². The molecule has 2 aromatic carbocycles. The molecule has 0 spiro atoms. The molecule has 5 heteroatoms. The molecule has 0 atom stereocenters. The minimum absolute atomic E-state index is 0.430. The highest BCUT2D eigenvalue weighted by molar-refractivity contribution is 6.09. The van der Waals surface area contributed by atoms with Gasteiger partial charge in [-0.05, 0) is 24.3 Å². The van der Waals surface area contributed by atoms with Crippen LogP contribution in [0.5, 0.6) is 0 Å². The Morgan fingerprint density at radius 2 is 1.23 bits per heavy atom. The lowest BCUT2D eigenvalue weighted by Gasteiger charge is -2.28. The van der Waals surface area contributed by atoms with E-state index in [1.165, 1.54) is 0 Å². The van der Waals surface area contributed by atoms with E-state index in [1.807, 2.05) is 12.1 Å². The first-order valence-electron chi connectivity index (χ1n) is 7.11. The maximum Gasteiger partial charge on any atom is 0.341 e. The second-order valence-corrected chi connectivity index (χ2v) is 5.71. The Kier molecular flexibility index (Phi) is 5.11. The van der Waals surface area contributed by atoms with Gasteiger partial charge in [0.1, 0.15) is 0 Å². The number of carbonyl (C=O) groups excluding carboxylic acids is 2. The molecule has 0 aliphatic carbocycles. The Balaban J connectivity index is 2.09. The van der Waals surface area contributed by atoms with Crippen molar-refractivity contribution in [3.8, 4) is 0 Å². The maximum absolute atomic E-state index is 12.1. The summed E-state index contributed by atoms with van der Waals surface area (Å²) in [5, 5.41) is 0. The van der Waals surface area contributed by atoms with Crippen LogP contribution >= 0.6 is 0 Å². The summed E-state index contributed by atoms with van der Waals surface area (Å²) < 4.78 is 10.8. The summed E-state index contributed by atoms with van der Waals surface area (Å²) in [7, 11) is 0.728. The Labute approximate surface area is 132 Å². The minimum atomic E-state index is -1.24. The van der Waals surface area contributed by atoms with Gasteiger partial charge in [-0.15, -0.1) is 0 Å². The van der Waals surface area contributed by atoms with Crippen molar-refractivity contribution in [3.63, 3.8) is 0 Å². The van der Waals surface area contributed by atoms with Gasteiger partial charge in [0.15, 0.2) is 0 Å². The van der Waals surface area contributed by atoms with Crippen LogP contribution in [0.15, 0.2) is 60.7 Å². The van der Waals surface area contributed by atoms with E-state index in [2.05, 4.69) is 0 Å². The fourth-order valence-corrected chi connectivity index (χ4v) is 2.11. The van der Waals surface area contributed by atoms with Crippen molar-refractivity contribution >= 4 is 22.2 Å². The molecular formula is C17H18O4Si. The Hall–Kier alpha value is -2.40.